The van der Waals surface area contributed by atoms with E-state index in [0.717, 1.165) is 16.0 Å². The summed E-state index contributed by atoms with van der Waals surface area (Å²) in [6, 6.07) is 20.9. The lowest BCUT2D eigenvalue weighted by Crippen LogP contribution is -2.37. The second-order valence-corrected chi connectivity index (χ2v) is 10.2. The fourth-order valence-corrected chi connectivity index (χ4v) is 5.04. The molecule has 0 heterocycles. The molecule has 1 amide bonds. The predicted octanol–water partition coefficient (Wildman–Crippen LogP) is 5.20. The number of carbonyl (C=O) groups is 1. The van der Waals surface area contributed by atoms with Crippen LogP contribution in [0.4, 0.5) is 5.69 Å². The number of rotatable bonds is 8. The third-order valence-electron chi connectivity index (χ3n) is 4.63. The number of thioether (sulfide) groups is 1. The summed E-state index contributed by atoms with van der Waals surface area (Å²) in [4.78, 5) is 13.9. The van der Waals surface area contributed by atoms with Gasteiger partial charge in [-0.1, -0.05) is 53.6 Å². The van der Waals surface area contributed by atoms with Gasteiger partial charge in [-0.15, -0.1) is 11.8 Å². The molecule has 0 saturated heterocycles. The molecule has 3 aromatic rings. The number of nitrogens with zero attached hydrogens (tertiary/aromatic N) is 1. The van der Waals surface area contributed by atoms with Crippen molar-refractivity contribution < 1.29 is 13.2 Å². The Labute approximate surface area is 192 Å². The van der Waals surface area contributed by atoms with Crippen LogP contribution in [0.3, 0.4) is 0 Å². The average molecular weight is 475 g/mol. The van der Waals surface area contributed by atoms with Crippen LogP contribution in [0.15, 0.2) is 82.6 Å². The van der Waals surface area contributed by atoms with Crippen LogP contribution in [-0.2, 0) is 21.4 Å². The Morgan fingerprint density at radius 2 is 1.65 bits per heavy atom. The van der Waals surface area contributed by atoms with Gasteiger partial charge < -0.3 is 5.32 Å². The Morgan fingerprint density at radius 3 is 2.29 bits per heavy atom. The van der Waals surface area contributed by atoms with Crippen LogP contribution >= 0.6 is 23.4 Å². The van der Waals surface area contributed by atoms with Crippen molar-refractivity contribution in [2.45, 2.75) is 23.3 Å². The molecule has 0 aliphatic rings. The fraction of sp³-hybridized carbons (Fsp3) is 0.174. The maximum atomic E-state index is 13.3. The number of aryl methyl sites for hydroxylation is 1. The van der Waals surface area contributed by atoms with Crippen LogP contribution in [-0.4, -0.2) is 31.4 Å². The number of sulfonamides is 1. The topological polar surface area (TPSA) is 66.5 Å². The minimum Gasteiger partial charge on any atom is -0.324 e. The monoisotopic (exact) mass is 474 g/mol. The zero-order valence-corrected chi connectivity index (χ0v) is 19.6. The maximum Gasteiger partial charge on any atom is 0.243 e. The van der Waals surface area contributed by atoms with Crippen LogP contribution < -0.4 is 5.32 Å². The Bertz CT molecular complexity index is 1150. The van der Waals surface area contributed by atoms with Gasteiger partial charge in [-0.05, 0) is 55.1 Å². The van der Waals surface area contributed by atoms with Crippen LogP contribution in [0.1, 0.15) is 11.1 Å². The van der Waals surface area contributed by atoms with Crippen LogP contribution in [0.25, 0.3) is 0 Å². The van der Waals surface area contributed by atoms with E-state index in [1.807, 2.05) is 31.4 Å². The highest BCUT2D eigenvalue weighted by Crippen LogP contribution is 2.25. The molecule has 3 aromatic carbocycles. The molecule has 1 N–H and O–H groups in total. The Balaban J connectivity index is 1.88. The standard InChI is InChI=1S/C23H23ClN2O3S2/c1-17-7-13-20(14-8-17)31(28,29)26(15-18-9-11-19(24)12-10-18)16-23(27)25-21-5-3-4-6-22(21)30-2/h3-14H,15-16H2,1-2H3,(H,25,27). The number of nitrogens with one attached hydrogen (secondary N) is 1. The molecule has 0 radical (unpaired) electrons. The van der Waals surface area contributed by atoms with Crippen LogP contribution in [0.5, 0.6) is 0 Å². The van der Waals surface area contributed by atoms with Gasteiger partial charge in [-0.2, -0.15) is 4.31 Å². The van der Waals surface area contributed by atoms with Gasteiger partial charge in [0.2, 0.25) is 15.9 Å². The first-order chi connectivity index (χ1) is 14.8. The van der Waals surface area contributed by atoms with Crippen molar-refractivity contribution >= 4 is 45.0 Å². The summed E-state index contributed by atoms with van der Waals surface area (Å²) in [5.74, 6) is -0.411. The minimum atomic E-state index is -3.89. The lowest BCUT2D eigenvalue weighted by atomic mass is 10.2. The predicted molar refractivity (Wildman–Crippen MR) is 127 cm³/mol. The molecule has 0 aliphatic heterocycles. The highest BCUT2D eigenvalue weighted by atomic mass is 35.5. The molecule has 0 saturated carbocycles. The van der Waals surface area contributed by atoms with Gasteiger partial charge in [-0.3, -0.25) is 4.79 Å². The van der Waals surface area contributed by atoms with Crippen molar-refractivity contribution in [1.29, 1.82) is 0 Å². The lowest BCUT2D eigenvalue weighted by molar-refractivity contribution is -0.116. The fourth-order valence-electron chi connectivity index (χ4n) is 2.98. The van der Waals surface area contributed by atoms with Crippen molar-refractivity contribution in [3.63, 3.8) is 0 Å². The number of anilines is 1. The number of carbonyl (C=O) groups excluding carboxylic acids is 1. The van der Waals surface area contributed by atoms with Gasteiger partial charge >= 0.3 is 0 Å². The second kappa shape index (κ2) is 10.3. The maximum absolute atomic E-state index is 13.3. The molecule has 3 rings (SSSR count). The van der Waals surface area contributed by atoms with Crippen molar-refractivity contribution in [1.82, 2.24) is 4.31 Å². The lowest BCUT2D eigenvalue weighted by Gasteiger charge is -2.22. The first kappa shape index (κ1) is 23.3. The SMILES string of the molecule is CSc1ccccc1NC(=O)CN(Cc1ccc(Cl)cc1)S(=O)(=O)c1ccc(C)cc1. The molecule has 5 nitrogen and oxygen atoms in total. The first-order valence-electron chi connectivity index (χ1n) is 9.54. The molecule has 0 fully saturated rings. The van der Waals surface area contributed by atoms with Crippen LogP contribution in [0, 0.1) is 6.92 Å². The molecular weight excluding hydrogens is 452 g/mol. The average Bonchev–Trinajstić information content (AvgIpc) is 2.75. The van der Waals surface area contributed by atoms with E-state index in [-0.39, 0.29) is 18.0 Å². The largest absolute Gasteiger partial charge is 0.324 e. The molecule has 0 spiro atoms. The molecule has 0 aliphatic carbocycles. The number of hydrogen-bond acceptors (Lipinski definition) is 4. The Kier molecular flexibility index (Phi) is 7.78. The Morgan fingerprint density at radius 1 is 1.00 bits per heavy atom. The molecule has 31 heavy (non-hydrogen) atoms. The van der Waals surface area contributed by atoms with Crippen molar-refractivity contribution in [3.05, 3.63) is 88.9 Å². The number of hydrogen-bond donors (Lipinski definition) is 1. The smallest absolute Gasteiger partial charge is 0.243 e. The number of amides is 1. The van der Waals surface area contributed by atoms with E-state index in [0.29, 0.717) is 10.7 Å². The van der Waals surface area contributed by atoms with E-state index in [1.54, 1.807) is 54.6 Å². The molecule has 0 bridgehead atoms. The van der Waals surface area contributed by atoms with E-state index in [4.69, 9.17) is 11.6 Å². The molecule has 0 aromatic heterocycles. The van der Waals surface area contributed by atoms with Crippen molar-refractivity contribution in [2.24, 2.45) is 0 Å². The summed E-state index contributed by atoms with van der Waals surface area (Å²) < 4.78 is 27.9. The van der Waals surface area contributed by atoms with Gasteiger partial charge in [0.05, 0.1) is 17.1 Å². The summed E-state index contributed by atoms with van der Waals surface area (Å²) in [5, 5.41) is 3.39. The van der Waals surface area contributed by atoms with E-state index < -0.39 is 15.9 Å². The zero-order chi connectivity index (χ0) is 22.4. The third kappa shape index (κ3) is 6.11. The van der Waals surface area contributed by atoms with Crippen molar-refractivity contribution in [3.8, 4) is 0 Å². The highest BCUT2D eigenvalue weighted by molar-refractivity contribution is 7.98. The van der Waals surface area contributed by atoms with E-state index in [2.05, 4.69) is 5.32 Å². The van der Waals surface area contributed by atoms with Crippen molar-refractivity contribution in [2.75, 3.05) is 18.1 Å². The second-order valence-electron chi connectivity index (χ2n) is 6.96. The quantitative estimate of drug-likeness (QED) is 0.455. The normalized spacial score (nSPS) is 11.5. The number of halogens is 1. The van der Waals surface area contributed by atoms with E-state index >= 15 is 0 Å². The summed E-state index contributed by atoms with van der Waals surface area (Å²) >= 11 is 7.46. The molecule has 162 valence electrons. The number of benzene rings is 3. The Hall–Kier alpha value is -2.32. The van der Waals surface area contributed by atoms with Gasteiger partial charge in [0.15, 0.2) is 0 Å². The number of para-hydroxylation sites is 1. The summed E-state index contributed by atoms with van der Waals surface area (Å²) in [5.41, 5.74) is 2.34. The molecule has 0 atom stereocenters. The van der Waals surface area contributed by atoms with Crippen LogP contribution in [0.2, 0.25) is 5.02 Å². The first-order valence-corrected chi connectivity index (χ1v) is 12.6. The molecule has 0 unspecified atom stereocenters. The molecule has 8 heteroatoms. The van der Waals surface area contributed by atoms with Gasteiger partial charge in [0.25, 0.3) is 0 Å². The third-order valence-corrected chi connectivity index (χ3v) is 7.49. The highest BCUT2D eigenvalue weighted by Gasteiger charge is 2.27. The van der Waals surface area contributed by atoms with Gasteiger partial charge in [0.1, 0.15) is 0 Å². The molecular formula is C23H23ClN2O3S2. The van der Waals surface area contributed by atoms with E-state index in [1.165, 1.54) is 16.1 Å². The van der Waals surface area contributed by atoms with Gasteiger partial charge in [0, 0.05) is 16.5 Å². The van der Waals surface area contributed by atoms with Gasteiger partial charge in [-0.25, -0.2) is 8.42 Å². The summed E-state index contributed by atoms with van der Waals surface area (Å²) in [6.45, 7) is 1.62. The summed E-state index contributed by atoms with van der Waals surface area (Å²) in [7, 11) is -3.89. The summed E-state index contributed by atoms with van der Waals surface area (Å²) in [6.07, 6.45) is 1.92. The minimum absolute atomic E-state index is 0.0466. The van der Waals surface area contributed by atoms with E-state index in [9.17, 15) is 13.2 Å². The zero-order valence-electron chi connectivity index (χ0n) is 17.2.